The van der Waals surface area contributed by atoms with Gasteiger partial charge in [0.1, 0.15) is 17.4 Å². The lowest BCUT2D eigenvalue weighted by molar-refractivity contribution is -0.124. The van der Waals surface area contributed by atoms with E-state index in [1.165, 1.54) is 5.56 Å². The lowest BCUT2D eigenvalue weighted by atomic mass is 9.96. The Kier molecular flexibility index (Phi) is 3.89. The summed E-state index contributed by atoms with van der Waals surface area (Å²) in [5.74, 6) is 0.644. The number of rotatable bonds is 6. The van der Waals surface area contributed by atoms with Crippen LogP contribution in [-0.2, 0) is 11.2 Å². The summed E-state index contributed by atoms with van der Waals surface area (Å²) in [5, 5.41) is 3.45. The van der Waals surface area contributed by atoms with Crippen LogP contribution in [0.15, 0.2) is 24.3 Å². The summed E-state index contributed by atoms with van der Waals surface area (Å²) >= 11 is 0. The van der Waals surface area contributed by atoms with Crippen molar-refractivity contribution in [2.24, 2.45) is 5.73 Å². The van der Waals surface area contributed by atoms with Gasteiger partial charge in [0, 0.05) is 12.5 Å². The lowest BCUT2D eigenvalue weighted by Crippen LogP contribution is -2.55. The van der Waals surface area contributed by atoms with Gasteiger partial charge in [-0.1, -0.05) is 19.1 Å². The normalized spacial score (nSPS) is 28.5. The van der Waals surface area contributed by atoms with Gasteiger partial charge in [-0.05, 0) is 49.8 Å². The summed E-state index contributed by atoms with van der Waals surface area (Å²) in [7, 11) is 0. The third-order valence-electron chi connectivity index (χ3n) is 4.63. The summed E-state index contributed by atoms with van der Waals surface area (Å²) in [5.41, 5.74) is 6.39. The van der Waals surface area contributed by atoms with Gasteiger partial charge < -0.3 is 15.8 Å². The van der Waals surface area contributed by atoms with E-state index in [1.54, 1.807) is 0 Å². The number of nitrogens with one attached hydrogen (secondary N) is 1. The van der Waals surface area contributed by atoms with Crippen LogP contribution < -0.4 is 15.8 Å². The molecule has 21 heavy (non-hydrogen) atoms. The third kappa shape index (κ3) is 3.21. The largest absolute Gasteiger partial charge is 0.490 e. The Balaban J connectivity index is 1.63. The summed E-state index contributed by atoms with van der Waals surface area (Å²) in [6.07, 6.45) is 5.72. The Morgan fingerprint density at radius 2 is 2.05 bits per heavy atom. The highest BCUT2D eigenvalue weighted by molar-refractivity contribution is 5.85. The van der Waals surface area contributed by atoms with Crippen molar-refractivity contribution in [1.82, 2.24) is 5.32 Å². The molecule has 0 aliphatic heterocycles. The molecule has 2 aliphatic carbocycles. The van der Waals surface area contributed by atoms with Crippen molar-refractivity contribution in [3.8, 4) is 5.75 Å². The van der Waals surface area contributed by atoms with Crippen molar-refractivity contribution < 1.29 is 9.53 Å². The molecule has 114 valence electrons. The smallest absolute Gasteiger partial charge is 0.237 e. The highest BCUT2D eigenvalue weighted by Crippen LogP contribution is 2.36. The van der Waals surface area contributed by atoms with Crippen LogP contribution in [0.1, 0.15) is 44.6 Å². The molecule has 0 heterocycles. The van der Waals surface area contributed by atoms with Gasteiger partial charge in [-0.3, -0.25) is 4.79 Å². The second-order valence-electron chi connectivity index (χ2n) is 6.35. The number of ether oxygens (including phenoxy) is 1. The number of benzene rings is 1. The summed E-state index contributed by atoms with van der Waals surface area (Å²) < 4.78 is 6.03. The predicted molar refractivity (Wildman–Crippen MR) is 82.2 cm³/mol. The first-order valence-electron chi connectivity index (χ1n) is 7.94. The summed E-state index contributed by atoms with van der Waals surface area (Å²) in [6.45, 7) is 2.14. The van der Waals surface area contributed by atoms with Crippen LogP contribution >= 0.6 is 0 Å². The average Bonchev–Trinajstić information content (AvgIpc) is 3.19. The Morgan fingerprint density at radius 3 is 2.62 bits per heavy atom. The van der Waals surface area contributed by atoms with Crippen molar-refractivity contribution in [2.45, 2.75) is 63.1 Å². The molecule has 1 aromatic carbocycles. The Hall–Kier alpha value is -1.55. The van der Waals surface area contributed by atoms with Crippen LogP contribution in [0.4, 0.5) is 0 Å². The fraction of sp³-hybridized carbons (Fsp3) is 0.588. The molecule has 0 aromatic heterocycles. The predicted octanol–water partition coefficient (Wildman–Crippen LogP) is 2.16. The van der Waals surface area contributed by atoms with Gasteiger partial charge in [-0.15, -0.1) is 0 Å². The van der Waals surface area contributed by atoms with E-state index in [-0.39, 0.29) is 12.0 Å². The van der Waals surface area contributed by atoms with Crippen molar-refractivity contribution >= 4 is 5.91 Å². The second kappa shape index (κ2) is 5.68. The van der Waals surface area contributed by atoms with Gasteiger partial charge in [0.15, 0.2) is 0 Å². The monoisotopic (exact) mass is 288 g/mol. The van der Waals surface area contributed by atoms with Gasteiger partial charge >= 0.3 is 0 Å². The molecule has 2 unspecified atom stereocenters. The number of aryl methyl sites for hydroxylation is 1. The van der Waals surface area contributed by atoms with E-state index >= 15 is 0 Å². The summed E-state index contributed by atoms with van der Waals surface area (Å²) in [4.78, 5) is 11.9. The molecule has 2 atom stereocenters. The van der Waals surface area contributed by atoms with E-state index in [0.717, 1.165) is 37.9 Å². The molecule has 4 nitrogen and oxygen atoms in total. The number of carbonyl (C=O) groups excluding carboxylic acids is 1. The second-order valence-corrected chi connectivity index (χ2v) is 6.35. The van der Waals surface area contributed by atoms with Crippen LogP contribution in [0.5, 0.6) is 5.75 Å². The van der Waals surface area contributed by atoms with E-state index in [2.05, 4.69) is 24.4 Å². The molecule has 1 amide bonds. The number of hydrogen-bond donors (Lipinski definition) is 2. The molecular weight excluding hydrogens is 264 g/mol. The lowest BCUT2D eigenvalue weighted by Gasteiger charge is -2.27. The standard InChI is InChI=1S/C17H24N2O2/c1-2-12-3-7-14(8-4-12)21-15-9-10-17(11-15,16(18)20)19-13-5-6-13/h3-4,7-8,13,15,19H,2,5-6,9-11H2,1H3,(H2,18,20). The van der Waals surface area contributed by atoms with Gasteiger partial charge in [-0.25, -0.2) is 0 Å². The zero-order chi connectivity index (χ0) is 14.9. The van der Waals surface area contributed by atoms with Crippen LogP contribution in [0.25, 0.3) is 0 Å². The molecule has 2 saturated carbocycles. The first-order valence-corrected chi connectivity index (χ1v) is 7.94. The van der Waals surface area contributed by atoms with Gasteiger partial charge in [-0.2, -0.15) is 0 Å². The van der Waals surface area contributed by atoms with Crippen LogP contribution in [0.3, 0.4) is 0 Å². The summed E-state index contributed by atoms with van der Waals surface area (Å²) in [6, 6.07) is 8.68. The zero-order valence-corrected chi connectivity index (χ0v) is 12.6. The van der Waals surface area contributed by atoms with Crippen molar-refractivity contribution in [2.75, 3.05) is 0 Å². The molecule has 1 aromatic rings. The minimum absolute atomic E-state index is 0.0660. The van der Waals surface area contributed by atoms with Gasteiger partial charge in [0.25, 0.3) is 0 Å². The molecule has 0 saturated heterocycles. The van der Waals surface area contributed by atoms with E-state index in [0.29, 0.717) is 12.5 Å². The first-order chi connectivity index (χ1) is 10.1. The minimum Gasteiger partial charge on any atom is -0.490 e. The molecule has 2 aliphatic rings. The SMILES string of the molecule is CCc1ccc(OC2CCC(NC3CC3)(C(N)=O)C2)cc1. The van der Waals surface area contributed by atoms with Crippen molar-refractivity contribution in [3.63, 3.8) is 0 Å². The Labute approximate surface area is 126 Å². The van der Waals surface area contributed by atoms with E-state index in [4.69, 9.17) is 10.5 Å². The molecule has 0 spiro atoms. The number of carbonyl (C=O) groups is 1. The fourth-order valence-corrected chi connectivity index (χ4v) is 3.14. The molecular formula is C17H24N2O2. The maximum Gasteiger partial charge on any atom is 0.237 e. The molecule has 0 bridgehead atoms. The first kappa shape index (κ1) is 14.4. The van der Waals surface area contributed by atoms with Crippen LogP contribution in [0, 0.1) is 0 Å². The number of hydrogen-bond acceptors (Lipinski definition) is 3. The molecule has 2 fully saturated rings. The van der Waals surface area contributed by atoms with E-state index in [9.17, 15) is 4.79 Å². The highest BCUT2D eigenvalue weighted by atomic mass is 16.5. The minimum atomic E-state index is -0.560. The van der Waals surface area contributed by atoms with E-state index in [1.807, 2.05) is 12.1 Å². The Bertz CT molecular complexity index is 510. The number of primary amides is 1. The van der Waals surface area contributed by atoms with Crippen LogP contribution in [0.2, 0.25) is 0 Å². The molecule has 4 heteroatoms. The maximum absolute atomic E-state index is 11.9. The quantitative estimate of drug-likeness (QED) is 0.843. The molecule has 3 N–H and O–H groups in total. The highest BCUT2D eigenvalue weighted by Gasteiger charge is 2.47. The van der Waals surface area contributed by atoms with Gasteiger partial charge in [0.05, 0.1) is 0 Å². The molecule has 3 rings (SSSR count). The molecule has 0 radical (unpaired) electrons. The van der Waals surface area contributed by atoms with E-state index < -0.39 is 5.54 Å². The third-order valence-corrected chi connectivity index (χ3v) is 4.63. The number of nitrogens with two attached hydrogens (primary N) is 1. The van der Waals surface area contributed by atoms with Crippen molar-refractivity contribution in [3.05, 3.63) is 29.8 Å². The van der Waals surface area contributed by atoms with Gasteiger partial charge in [0.2, 0.25) is 5.91 Å². The average molecular weight is 288 g/mol. The van der Waals surface area contributed by atoms with Crippen LogP contribution in [-0.4, -0.2) is 23.6 Å². The maximum atomic E-state index is 11.9. The Morgan fingerprint density at radius 1 is 1.33 bits per heavy atom. The fourth-order valence-electron chi connectivity index (χ4n) is 3.14. The zero-order valence-electron chi connectivity index (χ0n) is 12.6. The van der Waals surface area contributed by atoms with Crippen molar-refractivity contribution in [1.29, 1.82) is 0 Å². The number of amides is 1. The topological polar surface area (TPSA) is 64.3 Å².